The molecule has 7 heteroatoms. The Labute approximate surface area is 135 Å². The van der Waals surface area contributed by atoms with Crippen molar-refractivity contribution in [3.8, 4) is 22.5 Å². The van der Waals surface area contributed by atoms with Gasteiger partial charge in [0.25, 0.3) is 5.69 Å². The molecule has 0 unspecified atom stereocenters. The van der Waals surface area contributed by atoms with Crippen LogP contribution in [0, 0.1) is 15.9 Å². The maximum atomic E-state index is 13.2. The molecular formula is C16H9ClFN3O2. The van der Waals surface area contributed by atoms with Crippen LogP contribution < -0.4 is 0 Å². The minimum Gasteiger partial charge on any atom is -0.258 e. The van der Waals surface area contributed by atoms with E-state index >= 15 is 0 Å². The third-order valence-electron chi connectivity index (χ3n) is 3.24. The quantitative estimate of drug-likeness (QED) is 0.523. The van der Waals surface area contributed by atoms with Crippen LogP contribution in [0.4, 0.5) is 10.1 Å². The minimum absolute atomic E-state index is 0.0148. The second-order valence-corrected chi connectivity index (χ2v) is 5.09. The summed E-state index contributed by atoms with van der Waals surface area (Å²) in [6.45, 7) is 0. The second kappa shape index (κ2) is 6.10. The van der Waals surface area contributed by atoms with E-state index in [9.17, 15) is 14.5 Å². The van der Waals surface area contributed by atoms with Crippen molar-refractivity contribution in [2.24, 2.45) is 0 Å². The van der Waals surface area contributed by atoms with Gasteiger partial charge in [-0.25, -0.2) is 4.39 Å². The normalized spacial score (nSPS) is 10.5. The molecule has 1 aromatic heterocycles. The zero-order chi connectivity index (χ0) is 16.4. The van der Waals surface area contributed by atoms with Gasteiger partial charge in [-0.05, 0) is 30.3 Å². The summed E-state index contributed by atoms with van der Waals surface area (Å²) in [6.07, 6.45) is 3.02. The van der Waals surface area contributed by atoms with Crippen LogP contribution in [-0.4, -0.2) is 14.9 Å². The predicted molar refractivity (Wildman–Crippen MR) is 84.5 cm³/mol. The number of nitro benzene ring substituents is 1. The molecule has 0 saturated carbocycles. The Kier molecular flexibility index (Phi) is 3.99. The Morgan fingerprint density at radius 2 is 1.65 bits per heavy atom. The molecule has 0 saturated heterocycles. The summed E-state index contributed by atoms with van der Waals surface area (Å²) in [7, 11) is 0. The highest BCUT2D eigenvalue weighted by molar-refractivity contribution is 6.33. The maximum absolute atomic E-state index is 13.2. The van der Waals surface area contributed by atoms with E-state index in [0.717, 1.165) is 0 Å². The fourth-order valence-corrected chi connectivity index (χ4v) is 2.43. The second-order valence-electron chi connectivity index (χ2n) is 4.68. The molecule has 5 nitrogen and oxygen atoms in total. The molecule has 1 heterocycles. The first kappa shape index (κ1) is 15.1. The van der Waals surface area contributed by atoms with E-state index in [4.69, 9.17) is 11.6 Å². The predicted octanol–water partition coefficient (Wildman–Crippen LogP) is 4.51. The summed E-state index contributed by atoms with van der Waals surface area (Å²) in [5, 5.41) is 11.0. The number of benzene rings is 2. The highest BCUT2D eigenvalue weighted by atomic mass is 35.5. The number of nitrogens with zero attached hydrogens (tertiary/aromatic N) is 3. The topological polar surface area (TPSA) is 68.9 Å². The molecule has 3 rings (SSSR count). The molecule has 2 aromatic carbocycles. The van der Waals surface area contributed by atoms with E-state index in [1.54, 1.807) is 12.1 Å². The summed E-state index contributed by atoms with van der Waals surface area (Å²) in [5.41, 5.74) is 2.16. The zero-order valence-corrected chi connectivity index (χ0v) is 12.4. The summed E-state index contributed by atoms with van der Waals surface area (Å²) in [5.74, 6) is -0.445. The molecule has 0 fully saturated rings. The Morgan fingerprint density at radius 1 is 1.00 bits per heavy atom. The van der Waals surface area contributed by atoms with E-state index in [1.807, 2.05) is 0 Å². The van der Waals surface area contributed by atoms with Crippen LogP contribution in [0.15, 0.2) is 54.9 Å². The lowest BCUT2D eigenvalue weighted by Crippen LogP contribution is -1.94. The van der Waals surface area contributed by atoms with Gasteiger partial charge in [-0.3, -0.25) is 20.1 Å². The summed E-state index contributed by atoms with van der Waals surface area (Å²) < 4.78 is 13.2. The van der Waals surface area contributed by atoms with E-state index in [-0.39, 0.29) is 10.7 Å². The largest absolute Gasteiger partial charge is 0.269 e. The zero-order valence-electron chi connectivity index (χ0n) is 11.6. The summed E-state index contributed by atoms with van der Waals surface area (Å²) in [4.78, 5) is 18.8. The average Bonchev–Trinajstić information content (AvgIpc) is 2.55. The Bertz CT molecular complexity index is 885. The van der Waals surface area contributed by atoms with Crippen LogP contribution in [0.2, 0.25) is 5.02 Å². The number of non-ortho nitro benzene ring substituents is 1. The highest BCUT2D eigenvalue weighted by Crippen LogP contribution is 2.33. The Hall–Kier alpha value is -2.86. The van der Waals surface area contributed by atoms with Crippen LogP contribution in [0.3, 0.4) is 0 Å². The fourth-order valence-electron chi connectivity index (χ4n) is 2.17. The van der Waals surface area contributed by atoms with Crippen LogP contribution in [0.1, 0.15) is 0 Å². The molecule has 0 spiro atoms. The first-order chi connectivity index (χ1) is 11.1. The first-order valence-electron chi connectivity index (χ1n) is 6.57. The van der Waals surface area contributed by atoms with Crippen molar-refractivity contribution in [3.05, 3.63) is 75.8 Å². The van der Waals surface area contributed by atoms with Crippen LogP contribution in [0.5, 0.6) is 0 Å². The molecule has 0 radical (unpaired) electrons. The lowest BCUT2D eigenvalue weighted by atomic mass is 10.0. The summed E-state index contributed by atoms with van der Waals surface area (Å²) in [6, 6.07) is 9.96. The van der Waals surface area contributed by atoms with Crippen LogP contribution >= 0.6 is 11.6 Å². The first-order valence-corrected chi connectivity index (χ1v) is 6.95. The standard InChI is InChI=1S/C16H9ClFN3O2/c17-14-9-11(18)3-6-13(14)16-15(19-7-8-20-16)10-1-4-12(5-2-10)21(22)23/h1-9H. The van der Waals surface area contributed by atoms with Gasteiger partial charge in [0.15, 0.2) is 0 Å². The highest BCUT2D eigenvalue weighted by Gasteiger charge is 2.14. The Morgan fingerprint density at radius 3 is 2.26 bits per heavy atom. The van der Waals surface area contributed by atoms with Crippen molar-refractivity contribution in [2.45, 2.75) is 0 Å². The number of nitro groups is 1. The molecule has 0 aliphatic carbocycles. The van der Waals surface area contributed by atoms with Gasteiger partial charge in [0.2, 0.25) is 0 Å². The molecule has 0 aliphatic heterocycles. The fraction of sp³-hybridized carbons (Fsp3) is 0. The van der Waals surface area contributed by atoms with E-state index in [2.05, 4.69) is 9.97 Å². The molecule has 0 aliphatic rings. The summed E-state index contributed by atoms with van der Waals surface area (Å²) >= 11 is 6.09. The molecule has 0 atom stereocenters. The lowest BCUT2D eigenvalue weighted by Gasteiger charge is -2.09. The average molecular weight is 330 g/mol. The monoisotopic (exact) mass is 329 g/mol. The van der Waals surface area contributed by atoms with Crippen molar-refractivity contribution in [1.29, 1.82) is 0 Å². The number of aromatic nitrogens is 2. The molecule has 114 valence electrons. The van der Waals surface area contributed by atoms with Gasteiger partial charge in [-0.1, -0.05) is 11.6 Å². The smallest absolute Gasteiger partial charge is 0.258 e. The van der Waals surface area contributed by atoms with Gasteiger partial charge in [0.05, 0.1) is 21.3 Å². The lowest BCUT2D eigenvalue weighted by molar-refractivity contribution is -0.384. The van der Waals surface area contributed by atoms with Crippen LogP contribution in [-0.2, 0) is 0 Å². The third-order valence-corrected chi connectivity index (χ3v) is 3.55. The van der Waals surface area contributed by atoms with Crippen molar-refractivity contribution in [1.82, 2.24) is 9.97 Å². The van der Waals surface area contributed by atoms with E-state index < -0.39 is 10.7 Å². The molecule has 0 bridgehead atoms. The van der Waals surface area contributed by atoms with Gasteiger partial charge in [0, 0.05) is 35.7 Å². The SMILES string of the molecule is O=[N+]([O-])c1ccc(-c2nccnc2-c2ccc(F)cc2Cl)cc1. The van der Waals surface area contributed by atoms with Gasteiger partial charge in [0.1, 0.15) is 5.82 Å². The van der Waals surface area contributed by atoms with Crippen LogP contribution in [0.25, 0.3) is 22.5 Å². The Balaban J connectivity index is 2.12. The molecular weight excluding hydrogens is 321 g/mol. The number of hydrogen-bond acceptors (Lipinski definition) is 4. The molecule has 0 N–H and O–H groups in total. The van der Waals surface area contributed by atoms with Crippen molar-refractivity contribution >= 4 is 17.3 Å². The van der Waals surface area contributed by atoms with Gasteiger partial charge in [-0.2, -0.15) is 0 Å². The van der Waals surface area contributed by atoms with E-state index in [0.29, 0.717) is 22.5 Å². The molecule has 3 aromatic rings. The maximum Gasteiger partial charge on any atom is 0.269 e. The van der Waals surface area contributed by atoms with Crippen molar-refractivity contribution in [3.63, 3.8) is 0 Å². The minimum atomic E-state index is -0.474. The number of rotatable bonds is 3. The van der Waals surface area contributed by atoms with Gasteiger partial charge in [-0.15, -0.1) is 0 Å². The van der Waals surface area contributed by atoms with Crippen molar-refractivity contribution in [2.75, 3.05) is 0 Å². The number of hydrogen-bond donors (Lipinski definition) is 0. The molecule has 0 amide bonds. The molecule has 23 heavy (non-hydrogen) atoms. The van der Waals surface area contributed by atoms with Gasteiger partial charge < -0.3 is 0 Å². The van der Waals surface area contributed by atoms with Crippen molar-refractivity contribution < 1.29 is 9.31 Å². The third kappa shape index (κ3) is 3.02. The number of halogens is 2. The van der Waals surface area contributed by atoms with E-state index in [1.165, 1.54) is 42.7 Å². The van der Waals surface area contributed by atoms with Gasteiger partial charge >= 0.3 is 0 Å².